The van der Waals surface area contributed by atoms with Crippen molar-refractivity contribution in [2.24, 2.45) is 0 Å². The Morgan fingerprint density at radius 2 is 1.54 bits per heavy atom. The number of hydrogen-bond acceptors (Lipinski definition) is 5. The van der Waals surface area contributed by atoms with Gasteiger partial charge in [0.25, 0.3) is 9.84 Å². The van der Waals surface area contributed by atoms with Crippen molar-refractivity contribution in [2.45, 2.75) is 22.9 Å². The molecular weight excluding hydrogens is 416 g/mol. The molecule has 2 aromatic rings. The fourth-order valence-electron chi connectivity index (χ4n) is 2.19. The lowest BCUT2D eigenvalue weighted by atomic mass is 10.1. The minimum absolute atomic E-state index is 0.137. The number of alkyl halides is 6. The molecule has 0 amide bonds. The van der Waals surface area contributed by atoms with Crippen LogP contribution in [0.25, 0.3) is 0 Å². The topological polar surface area (TPSA) is 75.6 Å². The summed E-state index contributed by atoms with van der Waals surface area (Å²) in [5, 5.41) is 12.5. The van der Waals surface area contributed by atoms with Gasteiger partial charge in [0, 0.05) is 6.54 Å². The predicted octanol–water partition coefficient (Wildman–Crippen LogP) is 4.02. The fraction of sp³-hybridized carbons (Fsp3) is 0.250. The van der Waals surface area contributed by atoms with E-state index < -0.39 is 45.0 Å². The summed E-state index contributed by atoms with van der Waals surface area (Å²) in [7, 11) is -5.61. The number of anilines is 1. The Morgan fingerprint density at radius 1 is 0.964 bits per heavy atom. The second kappa shape index (κ2) is 7.87. The first-order valence-electron chi connectivity index (χ1n) is 7.49. The molecule has 0 saturated heterocycles. The monoisotopic (exact) mass is 429 g/mol. The van der Waals surface area contributed by atoms with Crippen LogP contribution >= 0.6 is 0 Å². The molecule has 28 heavy (non-hydrogen) atoms. The molecule has 154 valence electrons. The summed E-state index contributed by atoms with van der Waals surface area (Å²) >= 11 is 0. The molecule has 2 aromatic carbocycles. The number of hydrogen-bond donors (Lipinski definition) is 2. The van der Waals surface area contributed by atoms with Crippen molar-refractivity contribution >= 4 is 15.5 Å². The predicted molar refractivity (Wildman–Crippen MR) is 86.3 cm³/mol. The molecule has 2 rings (SSSR count). The van der Waals surface area contributed by atoms with Gasteiger partial charge < -0.3 is 15.2 Å². The third-order valence-corrected chi connectivity index (χ3v) is 5.01. The van der Waals surface area contributed by atoms with Crippen molar-refractivity contribution in [1.29, 1.82) is 0 Å². The first-order chi connectivity index (χ1) is 12.8. The van der Waals surface area contributed by atoms with E-state index in [0.717, 1.165) is 42.5 Å². The highest BCUT2D eigenvalue weighted by atomic mass is 32.2. The average Bonchev–Trinajstić information content (AvgIpc) is 2.58. The van der Waals surface area contributed by atoms with Crippen LogP contribution in [0.3, 0.4) is 0 Å². The molecule has 0 saturated carbocycles. The second-order valence-corrected chi connectivity index (χ2v) is 7.37. The summed E-state index contributed by atoms with van der Waals surface area (Å²) in [5.74, 6) is -0.516. The SMILES string of the molecule is O=S(=O)(c1ccccc1NCC(O)c1ccc(OC(F)(F)F)cc1)C(F)(F)F. The molecule has 1 atom stereocenters. The normalized spacial score (nSPS) is 13.8. The minimum Gasteiger partial charge on any atom is -0.406 e. The van der Waals surface area contributed by atoms with Gasteiger partial charge in [0.05, 0.1) is 16.7 Å². The lowest BCUT2D eigenvalue weighted by Gasteiger charge is -2.17. The van der Waals surface area contributed by atoms with E-state index in [9.17, 15) is 39.9 Å². The second-order valence-electron chi connectivity index (χ2n) is 5.46. The van der Waals surface area contributed by atoms with Crippen molar-refractivity contribution in [3.63, 3.8) is 0 Å². The lowest BCUT2D eigenvalue weighted by molar-refractivity contribution is -0.274. The van der Waals surface area contributed by atoms with Crippen LogP contribution in [0.2, 0.25) is 0 Å². The number of nitrogens with one attached hydrogen (secondary N) is 1. The zero-order valence-electron chi connectivity index (χ0n) is 13.8. The average molecular weight is 429 g/mol. The van der Waals surface area contributed by atoms with Crippen LogP contribution in [-0.4, -0.2) is 31.9 Å². The summed E-state index contributed by atoms with van der Waals surface area (Å²) in [6, 6.07) is 8.43. The molecule has 0 aromatic heterocycles. The maximum atomic E-state index is 12.8. The van der Waals surface area contributed by atoms with Crippen LogP contribution in [-0.2, 0) is 9.84 Å². The summed E-state index contributed by atoms with van der Waals surface area (Å²) in [4.78, 5) is -1.01. The molecule has 2 N–H and O–H groups in total. The molecule has 0 spiro atoms. The molecule has 12 heteroatoms. The first-order valence-corrected chi connectivity index (χ1v) is 8.97. The summed E-state index contributed by atoms with van der Waals surface area (Å²) in [5.41, 5.74) is -5.74. The molecule has 0 heterocycles. The van der Waals surface area contributed by atoms with Gasteiger partial charge in [-0.25, -0.2) is 8.42 Å². The zero-order chi connectivity index (χ0) is 21.2. The fourth-order valence-corrected chi connectivity index (χ4v) is 3.12. The summed E-state index contributed by atoms with van der Waals surface area (Å²) in [6.45, 7) is -0.399. The number of benzene rings is 2. The van der Waals surface area contributed by atoms with Crippen LogP contribution in [0.1, 0.15) is 11.7 Å². The number of para-hydroxylation sites is 1. The van der Waals surface area contributed by atoms with Gasteiger partial charge in [0.2, 0.25) is 0 Å². The number of aliphatic hydroxyl groups excluding tert-OH is 1. The Morgan fingerprint density at radius 3 is 2.07 bits per heavy atom. The Kier molecular flexibility index (Phi) is 6.14. The van der Waals surface area contributed by atoms with E-state index in [-0.39, 0.29) is 11.3 Å². The molecule has 0 radical (unpaired) electrons. The lowest BCUT2D eigenvalue weighted by Crippen LogP contribution is -2.25. The quantitative estimate of drug-likeness (QED) is 0.679. The number of ether oxygens (including phenoxy) is 1. The molecule has 1 unspecified atom stereocenters. The summed E-state index contributed by atoms with van der Waals surface area (Å²) < 4.78 is 102. The first kappa shape index (κ1) is 21.8. The molecule has 0 aliphatic heterocycles. The van der Waals surface area contributed by atoms with E-state index in [0.29, 0.717) is 0 Å². The highest BCUT2D eigenvalue weighted by Gasteiger charge is 2.47. The maximum Gasteiger partial charge on any atom is 0.573 e. The summed E-state index contributed by atoms with van der Waals surface area (Å²) in [6.07, 6.45) is -6.23. The molecule has 0 bridgehead atoms. The van der Waals surface area contributed by atoms with Crippen molar-refractivity contribution in [2.75, 3.05) is 11.9 Å². The van der Waals surface area contributed by atoms with Gasteiger partial charge >= 0.3 is 11.9 Å². The van der Waals surface area contributed by atoms with Gasteiger partial charge in [-0.2, -0.15) is 13.2 Å². The van der Waals surface area contributed by atoms with Crippen molar-refractivity contribution in [1.82, 2.24) is 0 Å². The van der Waals surface area contributed by atoms with Gasteiger partial charge in [-0.3, -0.25) is 0 Å². The van der Waals surface area contributed by atoms with Crippen LogP contribution < -0.4 is 10.1 Å². The zero-order valence-corrected chi connectivity index (χ0v) is 14.6. The van der Waals surface area contributed by atoms with Crippen molar-refractivity contribution in [3.8, 4) is 5.75 Å². The Bertz CT molecular complexity index is 910. The van der Waals surface area contributed by atoms with E-state index in [1.165, 1.54) is 6.07 Å². The Labute approximate surface area is 155 Å². The van der Waals surface area contributed by atoms with E-state index in [1.54, 1.807) is 0 Å². The van der Waals surface area contributed by atoms with E-state index in [2.05, 4.69) is 10.1 Å². The van der Waals surface area contributed by atoms with E-state index in [1.807, 2.05) is 0 Å². The highest BCUT2D eigenvalue weighted by molar-refractivity contribution is 7.92. The van der Waals surface area contributed by atoms with Crippen LogP contribution in [0.15, 0.2) is 53.4 Å². The third kappa shape index (κ3) is 5.29. The number of aliphatic hydroxyl groups is 1. The Hall–Kier alpha value is -2.47. The molecule has 0 aliphatic carbocycles. The third-order valence-electron chi connectivity index (χ3n) is 3.47. The van der Waals surface area contributed by atoms with Crippen LogP contribution in [0.5, 0.6) is 5.75 Å². The molecular formula is C16H13F6NO4S. The number of sulfone groups is 1. The van der Waals surface area contributed by atoms with E-state index in [4.69, 9.17) is 0 Å². The number of halogens is 6. The van der Waals surface area contributed by atoms with Gasteiger partial charge in [-0.05, 0) is 29.8 Å². The van der Waals surface area contributed by atoms with Crippen LogP contribution in [0, 0.1) is 0 Å². The van der Waals surface area contributed by atoms with Gasteiger partial charge in [-0.1, -0.05) is 24.3 Å². The smallest absolute Gasteiger partial charge is 0.406 e. The molecule has 0 fully saturated rings. The standard InChI is InChI=1S/C16H13F6NO4S/c17-15(18,19)27-11-7-5-10(6-8-11)13(24)9-23-12-3-1-2-4-14(12)28(25,26)16(20,21)22/h1-8,13,23-24H,9H2. The minimum atomic E-state index is -5.61. The van der Waals surface area contributed by atoms with Gasteiger partial charge in [-0.15, -0.1) is 13.2 Å². The van der Waals surface area contributed by atoms with Crippen molar-refractivity contribution in [3.05, 3.63) is 54.1 Å². The Balaban J connectivity index is 2.13. The number of rotatable bonds is 6. The largest absolute Gasteiger partial charge is 0.573 e. The molecule has 5 nitrogen and oxygen atoms in total. The highest BCUT2D eigenvalue weighted by Crippen LogP contribution is 2.34. The van der Waals surface area contributed by atoms with E-state index >= 15 is 0 Å². The maximum absolute atomic E-state index is 12.8. The van der Waals surface area contributed by atoms with Gasteiger partial charge in [0.1, 0.15) is 5.75 Å². The van der Waals surface area contributed by atoms with Crippen LogP contribution in [0.4, 0.5) is 32.0 Å². The van der Waals surface area contributed by atoms with Crippen molar-refractivity contribution < 1.29 is 44.6 Å². The van der Waals surface area contributed by atoms with Gasteiger partial charge in [0.15, 0.2) is 0 Å². The molecule has 0 aliphatic rings.